The van der Waals surface area contributed by atoms with Crippen molar-refractivity contribution in [3.05, 3.63) is 35.4 Å². The molecule has 0 spiro atoms. The zero-order valence-electron chi connectivity index (χ0n) is 10.2. The Hall–Kier alpha value is -1.35. The fourth-order valence-electron chi connectivity index (χ4n) is 2.37. The first-order valence-corrected chi connectivity index (χ1v) is 6.21. The van der Waals surface area contributed by atoms with Gasteiger partial charge in [-0.15, -0.1) is 0 Å². The summed E-state index contributed by atoms with van der Waals surface area (Å²) in [6.45, 7) is 0.746. The van der Waals surface area contributed by atoms with E-state index >= 15 is 0 Å². The molecule has 1 aliphatic rings. The Kier molecular flexibility index (Phi) is 4.15. The van der Waals surface area contributed by atoms with Crippen LogP contribution < -0.4 is 5.32 Å². The van der Waals surface area contributed by atoms with Crippen LogP contribution in [0.4, 0.5) is 0 Å². The van der Waals surface area contributed by atoms with Gasteiger partial charge < -0.3 is 10.1 Å². The lowest BCUT2D eigenvalue weighted by Gasteiger charge is -2.13. The second-order valence-corrected chi connectivity index (χ2v) is 4.51. The van der Waals surface area contributed by atoms with Crippen LogP contribution in [0.3, 0.4) is 0 Å². The maximum Gasteiger partial charge on any atom is 0.338 e. The normalized spacial score (nSPS) is 16.1. The van der Waals surface area contributed by atoms with Gasteiger partial charge in [0.15, 0.2) is 0 Å². The van der Waals surface area contributed by atoms with Crippen molar-refractivity contribution in [1.29, 1.82) is 0 Å². The monoisotopic (exact) mass is 233 g/mol. The van der Waals surface area contributed by atoms with E-state index in [0.29, 0.717) is 11.6 Å². The number of esters is 1. The summed E-state index contributed by atoms with van der Waals surface area (Å²) >= 11 is 0. The number of ether oxygens (including phenoxy) is 1. The molecule has 1 aromatic rings. The van der Waals surface area contributed by atoms with Crippen molar-refractivity contribution in [2.45, 2.75) is 38.3 Å². The molecule has 0 aliphatic heterocycles. The molecule has 0 amide bonds. The fourth-order valence-corrected chi connectivity index (χ4v) is 2.37. The van der Waals surface area contributed by atoms with Crippen molar-refractivity contribution >= 4 is 5.97 Å². The molecule has 92 valence electrons. The molecule has 0 atom stereocenters. The Morgan fingerprint density at radius 3 is 2.76 bits per heavy atom. The minimum atomic E-state index is -0.256. The predicted molar refractivity (Wildman–Crippen MR) is 66.9 cm³/mol. The highest BCUT2D eigenvalue weighted by molar-refractivity contribution is 5.90. The Bertz CT molecular complexity index is 384. The largest absolute Gasteiger partial charge is 0.465 e. The molecule has 0 aromatic heterocycles. The van der Waals surface area contributed by atoms with Crippen molar-refractivity contribution in [2.24, 2.45) is 0 Å². The van der Waals surface area contributed by atoms with Gasteiger partial charge in [-0.3, -0.25) is 0 Å². The molecule has 1 saturated carbocycles. The Labute approximate surface area is 102 Å². The topological polar surface area (TPSA) is 38.3 Å². The number of benzene rings is 1. The molecule has 3 heteroatoms. The van der Waals surface area contributed by atoms with E-state index in [1.807, 2.05) is 24.3 Å². The van der Waals surface area contributed by atoms with Gasteiger partial charge in [-0.1, -0.05) is 31.0 Å². The van der Waals surface area contributed by atoms with Gasteiger partial charge in [0.2, 0.25) is 0 Å². The Morgan fingerprint density at radius 2 is 2.06 bits per heavy atom. The molecular weight excluding hydrogens is 214 g/mol. The van der Waals surface area contributed by atoms with Gasteiger partial charge in [-0.2, -0.15) is 0 Å². The third kappa shape index (κ3) is 3.07. The first-order chi connectivity index (χ1) is 8.31. The minimum Gasteiger partial charge on any atom is -0.465 e. The molecule has 0 unspecified atom stereocenters. The molecule has 0 heterocycles. The predicted octanol–water partition coefficient (Wildman–Crippen LogP) is 2.51. The number of methoxy groups -OCH3 is 1. The minimum absolute atomic E-state index is 0.256. The van der Waals surface area contributed by atoms with Gasteiger partial charge in [0.05, 0.1) is 12.7 Å². The quantitative estimate of drug-likeness (QED) is 0.812. The fraction of sp³-hybridized carbons (Fsp3) is 0.500. The highest BCUT2D eigenvalue weighted by atomic mass is 16.5. The lowest BCUT2D eigenvalue weighted by Crippen LogP contribution is -2.26. The molecule has 1 N–H and O–H groups in total. The van der Waals surface area contributed by atoms with Gasteiger partial charge in [-0.25, -0.2) is 4.79 Å². The summed E-state index contributed by atoms with van der Waals surface area (Å²) in [4.78, 5) is 11.6. The van der Waals surface area contributed by atoms with Gasteiger partial charge in [0.25, 0.3) is 0 Å². The SMILES string of the molecule is COC(=O)c1ccccc1CNC1CCCC1. The van der Waals surface area contributed by atoms with E-state index in [1.165, 1.54) is 32.8 Å². The van der Waals surface area contributed by atoms with Gasteiger partial charge in [-0.05, 0) is 24.5 Å². The third-order valence-electron chi connectivity index (χ3n) is 3.36. The van der Waals surface area contributed by atoms with E-state index in [2.05, 4.69) is 5.32 Å². The van der Waals surface area contributed by atoms with Crippen LogP contribution in [0.2, 0.25) is 0 Å². The molecule has 1 aromatic carbocycles. The summed E-state index contributed by atoms with van der Waals surface area (Å²) in [6, 6.07) is 8.23. The van der Waals surface area contributed by atoms with E-state index in [4.69, 9.17) is 4.74 Å². The molecule has 0 saturated heterocycles. The highest BCUT2D eigenvalue weighted by Gasteiger charge is 2.16. The average Bonchev–Trinajstić information content (AvgIpc) is 2.89. The second kappa shape index (κ2) is 5.82. The summed E-state index contributed by atoms with van der Waals surface area (Å²) in [7, 11) is 1.42. The van der Waals surface area contributed by atoms with E-state index in [-0.39, 0.29) is 5.97 Å². The van der Waals surface area contributed by atoms with Crippen molar-refractivity contribution < 1.29 is 9.53 Å². The number of hydrogen-bond acceptors (Lipinski definition) is 3. The molecule has 1 fully saturated rings. The zero-order valence-corrected chi connectivity index (χ0v) is 10.2. The highest BCUT2D eigenvalue weighted by Crippen LogP contribution is 2.18. The van der Waals surface area contributed by atoms with Crippen molar-refractivity contribution in [3.63, 3.8) is 0 Å². The van der Waals surface area contributed by atoms with Gasteiger partial charge >= 0.3 is 5.97 Å². The van der Waals surface area contributed by atoms with Crippen LogP contribution >= 0.6 is 0 Å². The molecule has 17 heavy (non-hydrogen) atoms. The number of rotatable bonds is 4. The van der Waals surface area contributed by atoms with Crippen molar-refractivity contribution in [3.8, 4) is 0 Å². The summed E-state index contributed by atoms with van der Waals surface area (Å²) < 4.78 is 4.78. The maximum absolute atomic E-state index is 11.6. The molecule has 0 radical (unpaired) electrons. The second-order valence-electron chi connectivity index (χ2n) is 4.51. The third-order valence-corrected chi connectivity index (χ3v) is 3.36. The summed E-state index contributed by atoms with van der Waals surface area (Å²) in [5.74, 6) is -0.256. The first-order valence-electron chi connectivity index (χ1n) is 6.21. The van der Waals surface area contributed by atoms with E-state index in [1.54, 1.807) is 0 Å². The maximum atomic E-state index is 11.6. The number of nitrogens with one attached hydrogen (secondary N) is 1. The van der Waals surface area contributed by atoms with Gasteiger partial charge in [0.1, 0.15) is 0 Å². The van der Waals surface area contributed by atoms with Crippen LogP contribution in [0.5, 0.6) is 0 Å². The Balaban J connectivity index is 2.01. The molecular formula is C14H19NO2. The smallest absolute Gasteiger partial charge is 0.338 e. The standard InChI is InChI=1S/C14H19NO2/c1-17-14(16)13-9-5-2-6-11(13)10-15-12-7-3-4-8-12/h2,5-6,9,12,15H,3-4,7-8,10H2,1H3. The van der Waals surface area contributed by atoms with Crippen molar-refractivity contribution in [2.75, 3.05) is 7.11 Å². The van der Waals surface area contributed by atoms with Crippen molar-refractivity contribution in [1.82, 2.24) is 5.32 Å². The summed E-state index contributed by atoms with van der Waals surface area (Å²) in [5.41, 5.74) is 1.69. The van der Waals surface area contributed by atoms with Crippen LogP contribution in [0.15, 0.2) is 24.3 Å². The molecule has 1 aliphatic carbocycles. The van der Waals surface area contributed by atoms with Crippen LogP contribution in [0.25, 0.3) is 0 Å². The average molecular weight is 233 g/mol. The molecule has 0 bridgehead atoms. The van der Waals surface area contributed by atoms with Crippen LogP contribution in [-0.2, 0) is 11.3 Å². The summed E-state index contributed by atoms with van der Waals surface area (Å²) in [6.07, 6.45) is 5.13. The molecule has 3 nitrogen and oxygen atoms in total. The lowest BCUT2D eigenvalue weighted by atomic mass is 10.1. The van der Waals surface area contributed by atoms with E-state index in [0.717, 1.165) is 12.1 Å². The summed E-state index contributed by atoms with van der Waals surface area (Å²) in [5, 5.41) is 3.51. The van der Waals surface area contributed by atoms with Crippen LogP contribution in [0, 0.1) is 0 Å². The first kappa shape index (κ1) is 12.1. The number of carbonyl (C=O) groups is 1. The Morgan fingerprint density at radius 1 is 1.35 bits per heavy atom. The van der Waals surface area contributed by atoms with E-state index in [9.17, 15) is 4.79 Å². The van der Waals surface area contributed by atoms with E-state index < -0.39 is 0 Å². The zero-order chi connectivity index (χ0) is 12.1. The number of carbonyl (C=O) groups excluding carboxylic acids is 1. The lowest BCUT2D eigenvalue weighted by molar-refractivity contribution is 0.0599. The van der Waals surface area contributed by atoms with Gasteiger partial charge in [0, 0.05) is 12.6 Å². The van der Waals surface area contributed by atoms with Crippen LogP contribution in [-0.4, -0.2) is 19.1 Å². The van der Waals surface area contributed by atoms with Crippen LogP contribution in [0.1, 0.15) is 41.6 Å². The molecule has 2 rings (SSSR count). The number of hydrogen-bond donors (Lipinski definition) is 1.